The molecule has 0 saturated carbocycles. The highest BCUT2D eigenvalue weighted by Gasteiger charge is 2.18. The van der Waals surface area contributed by atoms with Gasteiger partial charge in [-0.3, -0.25) is 0 Å². The summed E-state index contributed by atoms with van der Waals surface area (Å²) in [7, 11) is 0. The van der Waals surface area contributed by atoms with Crippen LogP contribution in [-0.2, 0) is 0 Å². The molecule has 6 heteroatoms. The number of nitrogens with one attached hydrogen (secondary N) is 2. The van der Waals surface area contributed by atoms with E-state index in [2.05, 4.69) is 75.8 Å². The molecule has 0 heterocycles. The highest BCUT2D eigenvalue weighted by molar-refractivity contribution is 7.80. The minimum absolute atomic E-state index is 0.342. The molecule has 0 aliphatic rings. The van der Waals surface area contributed by atoms with Gasteiger partial charge in [0.2, 0.25) is 0 Å². The van der Waals surface area contributed by atoms with Crippen molar-refractivity contribution in [2.24, 2.45) is 0 Å². The zero-order valence-electron chi connectivity index (χ0n) is 17.3. The average molecular weight is 395 g/mol. The molecule has 0 aromatic heterocycles. The van der Waals surface area contributed by atoms with E-state index < -0.39 is 0 Å². The zero-order chi connectivity index (χ0) is 20.0. The molecule has 4 nitrogen and oxygen atoms in total. The summed E-state index contributed by atoms with van der Waals surface area (Å²) in [6, 6.07) is 9.44. The lowest BCUT2D eigenvalue weighted by Crippen LogP contribution is -2.44. The van der Waals surface area contributed by atoms with Gasteiger partial charge in [0.25, 0.3) is 0 Å². The van der Waals surface area contributed by atoms with Gasteiger partial charge in [-0.1, -0.05) is 6.07 Å². The summed E-state index contributed by atoms with van der Waals surface area (Å²) in [6.45, 7) is 17.2. The Hall–Kier alpha value is -1.40. The Morgan fingerprint density at radius 1 is 0.692 bits per heavy atom. The van der Waals surface area contributed by atoms with Crippen molar-refractivity contribution >= 4 is 46.0 Å². The van der Waals surface area contributed by atoms with E-state index in [1.54, 1.807) is 0 Å². The molecular formula is C20H34N4S2. The highest BCUT2D eigenvalue weighted by Crippen LogP contribution is 2.18. The highest BCUT2D eigenvalue weighted by atomic mass is 32.1. The molecule has 1 aromatic carbocycles. The number of nitrogens with zero attached hydrogens (tertiary/aromatic N) is 2. The molecule has 0 unspecified atom stereocenters. The Morgan fingerprint density at radius 2 is 1.00 bits per heavy atom. The Balaban J connectivity index is 2.88. The normalized spacial score (nSPS) is 11.2. The van der Waals surface area contributed by atoms with E-state index in [4.69, 9.17) is 24.4 Å². The third-order valence-corrected chi connectivity index (χ3v) is 4.69. The van der Waals surface area contributed by atoms with Crippen LogP contribution in [0.3, 0.4) is 0 Å². The molecule has 2 N–H and O–H groups in total. The topological polar surface area (TPSA) is 30.5 Å². The van der Waals surface area contributed by atoms with Crippen LogP contribution >= 0.6 is 24.4 Å². The lowest BCUT2D eigenvalue weighted by molar-refractivity contribution is 0.296. The fourth-order valence-corrected chi connectivity index (χ4v) is 4.26. The van der Waals surface area contributed by atoms with Gasteiger partial charge < -0.3 is 20.4 Å². The van der Waals surface area contributed by atoms with Gasteiger partial charge in [-0.05, 0) is 98.0 Å². The van der Waals surface area contributed by atoms with Crippen LogP contribution in [0.25, 0.3) is 0 Å². The van der Waals surface area contributed by atoms with E-state index in [1.807, 2.05) is 24.3 Å². The summed E-state index contributed by atoms with van der Waals surface area (Å²) in [5.74, 6) is 0. The monoisotopic (exact) mass is 394 g/mol. The average Bonchev–Trinajstić information content (AvgIpc) is 2.45. The predicted octanol–water partition coefficient (Wildman–Crippen LogP) is 5.32. The van der Waals surface area contributed by atoms with Crippen molar-refractivity contribution in [3.05, 3.63) is 24.3 Å². The smallest absolute Gasteiger partial charge is 0.173 e. The standard InChI is InChI=1S/C20H34N4S2/c1-13(2)23(14(3)4)19(25)21-17-10-9-11-18(12-17)22-20(26)24(15(5)6)16(7)8/h9-16H,1-8H3,(H,21,25)(H,22,26). The molecule has 0 atom stereocenters. The van der Waals surface area contributed by atoms with Gasteiger partial charge in [0, 0.05) is 35.5 Å². The van der Waals surface area contributed by atoms with Gasteiger partial charge in [-0.25, -0.2) is 0 Å². The Labute approximate surface area is 170 Å². The van der Waals surface area contributed by atoms with Crippen molar-refractivity contribution in [2.45, 2.75) is 79.6 Å². The summed E-state index contributed by atoms with van der Waals surface area (Å²) >= 11 is 11.2. The Bertz CT molecular complexity index is 546. The van der Waals surface area contributed by atoms with Crippen molar-refractivity contribution in [3.63, 3.8) is 0 Å². The Morgan fingerprint density at radius 3 is 1.27 bits per heavy atom. The predicted molar refractivity (Wildman–Crippen MR) is 123 cm³/mol. The van der Waals surface area contributed by atoms with Crippen molar-refractivity contribution in [1.82, 2.24) is 9.80 Å². The lowest BCUT2D eigenvalue weighted by Gasteiger charge is -2.34. The van der Waals surface area contributed by atoms with Gasteiger partial charge in [0.15, 0.2) is 10.2 Å². The fourth-order valence-electron chi connectivity index (χ4n) is 3.18. The van der Waals surface area contributed by atoms with Crippen LogP contribution in [0.2, 0.25) is 0 Å². The van der Waals surface area contributed by atoms with Crippen molar-refractivity contribution in [2.75, 3.05) is 10.6 Å². The van der Waals surface area contributed by atoms with Gasteiger partial charge in [-0.2, -0.15) is 0 Å². The van der Waals surface area contributed by atoms with Gasteiger partial charge in [0.1, 0.15) is 0 Å². The van der Waals surface area contributed by atoms with Crippen LogP contribution in [0.1, 0.15) is 55.4 Å². The third-order valence-electron chi connectivity index (χ3n) is 4.06. The summed E-state index contributed by atoms with van der Waals surface area (Å²) in [4.78, 5) is 4.39. The van der Waals surface area contributed by atoms with Gasteiger partial charge in [-0.15, -0.1) is 0 Å². The first kappa shape index (κ1) is 22.6. The molecule has 0 aliphatic carbocycles. The van der Waals surface area contributed by atoms with Gasteiger partial charge in [0.05, 0.1) is 0 Å². The molecule has 146 valence electrons. The third kappa shape index (κ3) is 6.40. The van der Waals surface area contributed by atoms with Crippen LogP contribution < -0.4 is 10.6 Å². The summed E-state index contributed by atoms with van der Waals surface area (Å²) in [5, 5.41) is 8.18. The maximum atomic E-state index is 5.61. The van der Waals surface area contributed by atoms with Crippen LogP contribution in [0.5, 0.6) is 0 Å². The van der Waals surface area contributed by atoms with E-state index in [0.717, 1.165) is 21.6 Å². The number of anilines is 2. The molecule has 0 aliphatic heterocycles. The largest absolute Gasteiger partial charge is 0.344 e. The first-order valence-electron chi connectivity index (χ1n) is 9.33. The second kappa shape index (κ2) is 10.1. The fraction of sp³-hybridized carbons (Fsp3) is 0.600. The molecule has 0 spiro atoms. The molecule has 1 aromatic rings. The number of hydrogen-bond donors (Lipinski definition) is 2. The first-order chi connectivity index (χ1) is 12.0. The van der Waals surface area contributed by atoms with E-state index in [1.165, 1.54) is 0 Å². The second-order valence-corrected chi connectivity index (χ2v) is 8.40. The van der Waals surface area contributed by atoms with Crippen LogP contribution in [-0.4, -0.2) is 44.2 Å². The molecule has 0 radical (unpaired) electrons. The Kier molecular flexibility index (Phi) is 8.77. The molecule has 0 amide bonds. The SMILES string of the molecule is CC(C)N(C(=S)Nc1cccc(NC(=S)N(C(C)C)C(C)C)c1)C(C)C. The summed E-state index contributed by atoms with van der Waals surface area (Å²) in [6.07, 6.45) is 0. The van der Waals surface area contributed by atoms with Crippen LogP contribution in [0.4, 0.5) is 11.4 Å². The first-order valence-corrected chi connectivity index (χ1v) is 10.1. The molecule has 26 heavy (non-hydrogen) atoms. The maximum Gasteiger partial charge on any atom is 0.173 e. The minimum Gasteiger partial charge on any atom is -0.344 e. The number of thiocarbonyl (C=S) groups is 2. The number of hydrogen-bond acceptors (Lipinski definition) is 2. The maximum absolute atomic E-state index is 5.61. The molecule has 0 fully saturated rings. The van der Waals surface area contributed by atoms with E-state index in [9.17, 15) is 0 Å². The summed E-state index contributed by atoms with van der Waals surface area (Å²) < 4.78 is 0. The van der Waals surface area contributed by atoms with E-state index in [-0.39, 0.29) is 0 Å². The van der Waals surface area contributed by atoms with Crippen LogP contribution in [0, 0.1) is 0 Å². The van der Waals surface area contributed by atoms with E-state index >= 15 is 0 Å². The number of rotatable bonds is 6. The lowest BCUT2D eigenvalue weighted by atomic mass is 10.2. The van der Waals surface area contributed by atoms with Crippen molar-refractivity contribution in [1.29, 1.82) is 0 Å². The molecule has 0 bridgehead atoms. The van der Waals surface area contributed by atoms with Crippen molar-refractivity contribution in [3.8, 4) is 0 Å². The van der Waals surface area contributed by atoms with Gasteiger partial charge >= 0.3 is 0 Å². The molecular weight excluding hydrogens is 360 g/mol. The zero-order valence-corrected chi connectivity index (χ0v) is 19.0. The summed E-state index contributed by atoms with van der Waals surface area (Å²) in [5.41, 5.74) is 1.91. The quantitative estimate of drug-likeness (QED) is 0.635. The van der Waals surface area contributed by atoms with Crippen molar-refractivity contribution < 1.29 is 0 Å². The van der Waals surface area contributed by atoms with Crippen LogP contribution in [0.15, 0.2) is 24.3 Å². The molecule has 1 rings (SSSR count). The number of benzene rings is 1. The molecule has 0 saturated heterocycles. The minimum atomic E-state index is 0.342. The second-order valence-electron chi connectivity index (χ2n) is 7.63. The van der Waals surface area contributed by atoms with E-state index in [0.29, 0.717) is 24.2 Å².